The molecule has 0 spiro atoms. The largest absolute Gasteiger partial charge is 0.452 e. The predicted molar refractivity (Wildman–Crippen MR) is 121 cm³/mol. The van der Waals surface area contributed by atoms with Gasteiger partial charge in [0.25, 0.3) is 0 Å². The molecule has 1 aliphatic rings. The molecule has 1 aliphatic carbocycles. The number of halogens is 1. The Kier molecular flexibility index (Phi) is 6.43. The fourth-order valence-corrected chi connectivity index (χ4v) is 4.77. The van der Waals surface area contributed by atoms with Gasteiger partial charge in [-0.05, 0) is 67.5 Å². The molecule has 2 unspecified atom stereocenters. The molecule has 2 aromatic carbocycles. The summed E-state index contributed by atoms with van der Waals surface area (Å²) in [4.78, 5) is 18.6. The van der Waals surface area contributed by atoms with Crippen LogP contribution in [0.4, 0.5) is 10.5 Å². The van der Waals surface area contributed by atoms with Crippen molar-refractivity contribution in [2.75, 3.05) is 18.6 Å². The maximum absolute atomic E-state index is 12.5. The fraction of sp³-hybridized carbons (Fsp3) is 0.375. The number of carbonyl (C=O) groups is 1. The first-order valence-electron chi connectivity index (χ1n) is 10.5. The third-order valence-corrected chi connectivity index (χ3v) is 6.29. The summed E-state index contributed by atoms with van der Waals surface area (Å²) in [6, 6.07) is 15.1. The molecular weight excluding hydrogens is 412 g/mol. The number of benzene rings is 2. The number of imidazole rings is 1. The van der Waals surface area contributed by atoms with Crippen molar-refractivity contribution in [2.24, 2.45) is 11.8 Å². The van der Waals surface area contributed by atoms with Gasteiger partial charge < -0.3 is 9.30 Å². The molecule has 0 bridgehead atoms. The van der Waals surface area contributed by atoms with Crippen LogP contribution in [0, 0.1) is 23.2 Å². The van der Waals surface area contributed by atoms with E-state index in [1.54, 1.807) is 23.1 Å². The van der Waals surface area contributed by atoms with Crippen LogP contribution in [0.2, 0.25) is 5.02 Å². The first-order valence-corrected chi connectivity index (χ1v) is 10.9. The van der Waals surface area contributed by atoms with Crippen LogP contribution in [-0.2, 0) is 11.3 Å². The third-order valence-electron chi connectivity index (χ3n) is 6.05. The SMILES string of the molecule is COC(=O)N(CC1CCCC(Cn2cnc3ccc(C#N)cc32)C1)c1cccc(Cl)c1. The molecule has 4 rings (SSSR count). The van der Waals surface area contributed by atoms with Crippen LogP contribution in [0.15, 0.2) is 48.8 Å². The molecule has 1 amide bonds. The van der Waals surface area contributed by atoms with Crippen LogP contribution in [0.5, 0.6) is 0 Å². The summed E-state index contributed by atoms with van der Waals surface area (Å²) in [5, 5.41) is 9.81. The Bertz CT molecular complexity index is 1120. The zero-order valence-corrected chi connectivity index (χ0v) is 18.3. The fourth-order valence-electron chi connectivity index (χ4n) is 4.58. The van der Waals surface area contributed by atoms with Gasteiger partial charge in [-0.2, -0.15) is 5.26 Å². The molecule has 0 radical (unpaired) electrons. The zero-order valence-electron chi connectivity index (χ0n) is 17.5. The predicted octanol–water partition coefficient (Wildman–Crippen LogP) is 5.64. The highest BCUT2D eigenvalue weighted by Gasteiger charge is 2.27. The normalized spacial score (nSPS) is 18.5. The minimum atomic E-state index is -0.367. The third kappa shape index (κ3) is 4.83. The molecule has 1 saturated carbocycles. The lowest BCUT2D eigenvalue weighted by Crippen LogP contribution is -2.37. The molecule has 0 N–H and O–H groups in total. The summed E-state index contributed by atoms with van der Waals surface area (Å²) in [6.07, 6.45) is 5.86. The second-order valence-corrected chi connectivity index (χ2v) is 8.61. The van der Waals surface area contributed by atoms with Gasteiger partial charge in [0.1, 0.15) is 0 Å². The molecule has 2 atom stereocenters. The number of carbonyl (C=O) groups excluding carboxylic acids is 1. The summed E-state index contributed by atoms with van der Waals surface area (Å²) < 4.78 is 7.19. The number of aromatic nitrogens is 2. The second kappa shape index (κ2) is 9.40. The van der Waals surface area contributed by atoms with Crippen LogP contribution in [0.3, 0.4) is 0 Å². The first-order chi connectivity index (χ1) is 15.1. The van der Waals surface area contributed by atoms with Crippen LogP contribution in [-0.4, -0.2) is 29.3 Å². The topological polar surface area (TPSA) is 71.2 Å². The smallest absolute Gasteiger partial charge is 0.414 e. The van der Waals surface area contributed by atoms with Crippen molar-refractivity contribution in [3.05, 3.63) is 59.4 Å². The van der Waals surface area contributed by atoms with Crippen molar-refractivity contribution in [1.29, 1.82) is 5.26 Å². The van der Waals surface area contributed by atoms with Crippen molar-refractivity contribution in [3.8, 4) is 6.07 Å². The number of hydrogen-bond acceptors (Lipinski definition) is 4. The van der Waals surface area contributed by atoms with Gasteiger partial charge in [0.05, 0.1) is 36.1 Å². The Balaban J connectivity index is 1.48. The number of anilines is 1. The van der Waals surface area contributed by atoms with Crippen LogP contribution in [0.1, 0.15) is 31.2 Å². The number of nitriles is 1. The van der Waals surface area contributed by atoms with E-state index < -0.39 is 0 Å². The molecule has 1 aromatic heterocycles. The monoisotopic (exact) mass is 436 g/mol. The molecule has 1 heterocycles. The molecule has 160 valence electrons. The minimum Gasteiger partial charge on any atom is -0.452 e. The maximum Gasteiger partial charge on any atom is 0.414 e. The van der Waals surface area contributed by atoms with Gasteiger partial charge >= 0.3 is 6.09 Å². The van der Waals surface area contributed by atoms with Gasteiger partial charge in [0.2, 0.25) is 0 Å². The number of fused-ring (bicyclic) bond motifs is 1. The lowest BCUT2D eigenvalue weighted by Gasteiger charge is -2.33. The van der Waals surface area contributed by atoms with Gasteiger partial charge in [-0.1, -0.05) is 24.1 Å². The highest BCUT2D eigenvalue weighted by molar-refractivity contribution is 6.30. The first kappa shape index (κ1) is 21.2. The highest BCUT2D eigenvalue weighted by Crippen LogP contribution is 2.33. The quantitative estimate of drug-likeness (QED) is 0.518. The molecule has 3 aromatic rings. The standard InChI is InChI=1S/C24H25ClN4O2/c1-31-24(30)29(21-7-3-6-20(25)12-21)15-19-5-2-4-18(10-19)14-28-16-27-22-9-8-17(13-26)11-23(22)28/h3,6-9,11-12,16,18-19H,2,4-5,10,14-15H2,1H3. The lowest BCUT2D eigenvalue weighted by molar-refractivity contribution is 0.174. The Hall–Kier alpha value is -3.04. The van der Waals surface area contributed by atoms with E-state index in [-0.39, 0.29) is 6.09 Å². The summed E-state index contributed by atoms with van der Waals surface area (Å²) in [6.45, 7) is 1.46. The van der Waals surface area contributed by atoms with Crippen LogP contribution >= 0.6 is 11.6 Å². The molecule has 0 aliphatic heterocycles. The number of hydrogen-bond donors (Lipinski definition) is 0. The van der Waals surface area contributed by atoms with Crippen LogP contribution in [0.25, 0.3) is 11.0 Å². The van der Waals surface area contributed by atoms with E-state index in [1.807, 2.05) is 30.6 Å². The number of ether oxygens (including phenoxy) is 1. The molecule has 31 heavy (non-hydrogen) atoms. The average molecular weight is 437 g/mol. The lowest BCUT2D eigenvalue weighted by atomic mass is 9.81. The zero-order chi connectivity index (χ0) is 21.8. The van der Waals surface area contributed by atoms with Gasteiger partial charge in [0, 0.05) is 23.8 Å². The molecule has 1 fully saturated rings. The van der Waals surface area contributed by atoms with E-state index in [2.05, 4.69) is 15.6 Å². The number of amides is 1. The Morgan fingerprint density at radius 1 is 1.29 bits per heavy atom. The van der Waals surface area contributed by atoms with Gasteiger partial charge in [0.15, 0.2) is 0 Å². The van der Waals surface area contributed by atoms with Gasteiger partial charge in [-0.15, -0.1) is 0 Å². The number of rotatable bonds is 5. The Morgan fingerprint density at radius 2 is 2.13 bits per heavy atom. The van der Waals surface area contributed by atoms with Crippen molar-refractivity contribution in [3.63, 3.8) is 0 Å². The average Bonchev–Trinajstić information content (AvgIpc) is 3.19. The van der Waals surface area contributed by atoms with E-state index in [0.717, 1.165) is 48.9 Å². The Labute approximate surface area is 187 Å². The molecule has 0 saturated heterocycles. The van der Waals surface area contributed by atoms with E-state index in [0.29, 0.717) is 29.0 Å². The van der Waals surface area contributed by atoms with Gasteiger partial charge in [-0.3, -0.25) is 4.90 Å². The van der Waals surface area contributed by atoms with Crippen molar-refractivity contribution >= 4 is 34.4 Å². The molecular formula is C24H25ClN4O2. The summed E-state index contributed by atoms with van der Waals surface area (Å²) in [7, 11) is 1.41. The van der Waals surface area contributed by atoms with E-state index >= 15 is 0 Å². The highest BCUT2D eigenvalue weighted by atomic mass is 35.5. The van der Waals surface area contributed by atoms with Crippen molar-refractivity contribution in [1.82, 2.24) is 9.55 Å². The summed E-state index contributed by atoms with van der Waals surface area (Å²) in [5.41, 5.74) is 3.30. The van der Waals surface area contributed by atoms with E-state index in [9.17, 15) is 10.1 Å². The second-order valence-electron chi connectivity index (χ2n) is 8.17. The van der Waals surface area contributed by atoms with Crippen molar-refractivity contribution in [2.45, 2.75) is 32.2 Å². The molecule has 7 heteroatoms. The summed E-state index contributed by atoms with van der Waals surface area (Å²) >= 11 is 6.14. The molecule has 6 nitrogen and oxygen atoms in total. The maximum atomic E-state index is 12.5. The summed E-state index contributed by atoms with van der Waals surface area (Å²) in [5.74, 6) is 0.863. The van der Waals surface area contributed by atoms with E-state index in [1.165, 1.54) is 7.11 Å². The van der Waals surface area contributed by atoms with E-state index in [4.69, 9.17) is 16.3 Å². The number of methoxy groups -OCH3 is 1. The number of nitrogens with zero attached hydrogens (tertiary/aromatic N) is 4. The van der Waals surface area contributed by atoms with Crippen molar-refractivity contribution < 1.29 is 9.53 Å². The Morgan fingerprint density at radius 3 is 2.90 bits per heavy atom. The minimum absolute atomic E-state index is 0.367. The van der Waals surface area contributed by atoms with Gasteiger partial charge in [-0.25, -0.2) is 9.78 Å². The van der Waals surface area contributed by atoms with Crippen LogP contribution < -0.4 is 4.90 Å².